The molecule has 0 fully saturated rings. The zero-order chi connectivity index (χ0) is 16.8. The Morgan fingerprint density at radius 1 is 1.36 bits per heavy atom. The predicted molar refractivity (Wildman–Crippen MR) is 81.2 cm³/mol. The molecule has 8 nitrogen and oxygen atoms in total. The van der Waals surface area contributed by atoms with E-state index in [4.69, 9.17) is 9.84 Å². The molecule has 0 atom stereocenters. The number of nitrogens with zero attached hydrogens (tertiary/aromatic N) is 1. The molecule has 0 radical (unpaired) electrons. The highest BCUT2D eigenvalue weighted by Crippen LogP contribution is 2.15. The summed E-state index contributed by atoms with van der Waals surface area (Å²) >= 11 is 1.04. The van der Waals surface area contributed by atoms with Crippen LogP contribution in [0.4, 0.5) is 9.93 Å². The Morgan fingerprint density at radius 2 is 2.05 bits per heavy atom. The van der Waals surface area contributed by atoms with Gasteiger partial charge in [-0.15, -0.1) is 11.3 Å². The van der Waals surface area contributed by atoms with Crippen LogP contribution in [0.2, 0.25) is 0 Å². The molecule has 0 aliphatic heterocycles. The largest absolute Gasteiger partial charge is 0.476 e. The van der Waals surface area contributed by atoms with Crippen molar-refractivity contribution in [3.8, 4) is 0 Å². The van der Waals surface area contributed by atoms with Gasteiger partial charge in [-0.3, -0.25) is 4.79 Å². The van der Waals surface area contributed by atoms with Gasteiger partial charge in [-0.2, -0.15) is 0 Å². The van der Waals surface area contributed by atoms with Crippen molar-refractivity contribution in [1.29, 1.82) is 0 Å². The van der Waals surface area contributed by atoms with E-state index in [0.717, 1.165) is 11.3 Å². The summed E-state index contributed by atoms with van der Waals surface area (Å²) in [6, 6.07) is 0. The maximum Gasteiger partial charge on any atom is 0.407 e. The van der Waals surface area contributed by atoms with E-state index in [-0.39, 0.29) is 23.2 Å². The quantitative estimate of drug-likeness (QED) is 0.688. The highest BCUT2D eigenvalue weighted by atomic mass is 32.1. The Bertz CT molecular complexity index is 550. The van der Waals surface area contributed by atoms with Crippen LogP contribution in [0.15, 0.2) is 5.38 Å². The molecule has 1 rings (SSSR count). The topological polar surface area (TPSA) is 118 Å². The number of carboxylic acid groups (broad SMARTS) is 1. The fourth-order valence-electron chi connectivity index (χ4n) is 1.36. The predicted octanol–water partition coefficient (Wildman–Crippen LogP) is 2.08. The van der Waals surface area contributed by atoms with Gasteiger partial charge in [0.05, 0.1) is 0 Å². The van der Waals surface area contributed by atoms with E-state index in [1.54, 1.807) is 20.8 Å². The molecular formula is C13H19N3O5S. The van der Waals surface area contributed by atoms with E-state index in [2.05, 4.69) is 15.6 Å². The van der Waals surface area contributed by atoms with Crippen molar-refractivity contribution in [2.75, 3.05) is 11.9 Å². The molecule has 0 bridgehead atoms. The number of alkyl carbamates (subject to hydrolysis) is 1. The number of rotatable bonds is 6. The van der Waals surface area contributed by atoms with Crippen molar-refractivity contribution in [2.45, 2.75) is 39.2 Å². The second-order valence-electron chi connectivity index (χ2n) is 5.42. The van der Waals surface area contributed by atoms with E-state index in [0.29, 0.717) is 13.0 Å². The standard InChI is InChI=1S/C13H19N3O5S/c1-13(2,3)21-12(20)14-6-4-5-9(17)16-11-15-8(7-22-11)10(18)19/h7H,4-6H2,1-3H3,(H,14,20)(H,18,19)(H,15,16,17). The van der Waals surface area contributed by atoms with Gasteiger partial charge in [0.15, 0.2) is 10.8 Å². The molecule has 0 saturated heterocycles. The summed E-state index contributed by atoms with van der Waals surface area (Å²) in [7, 11) is 0. The lowest BCUT2D eigenvalue weighted by atomic mass is 10.2. The van der Waals surface area contributed by atoms with E-state index in [1.165, 1.54) is 5.38 Å². The number of thiazole rings is 1. The minimum atomic E-state index is -1.14. The van der Waals surface area contributed by atoms with Crippen molar-refractivity contribution >= 4 is 34.4 Å². The molecule has 0 aliphatic rings. The van der Waals surface area contributed by atoms with Crippen LogP contribution in [0.1, 0.15) is 44.1 Å². The van der Waals surface area contributed by atoms with Gasteiger partial charge in [-0.25, -0.2) is 14.6 Å². The number of hydrogen-bond acceptors (Lipinski definition) is 6. The second kappa shape index (κ2) is 7.74. The first-order valence-corrected chi connectivity index (χ1v) is 7.51. The van der Waals surface area contributed by atoms with Crippen LogP contribution in [0.5, 0.6) is 0 Å². The van der Waals surface area contributed by atoms with Crippen LogP contribution >= 0.6 is 11.3 Å². The third kappa shape index (κ3) is 7.02. The Morgan fingerprint density at radius 3 is 2.59 bits per heavy atom. The van der Waals surface area contributed by atoms with Gasteiger partial charge in [0.2, 0.25) is 5.91 Å². The molecule has 1 aromatic heterocycles. The molecule has 122 valence electrons. The molecule has 22 heavy (non-hydrogen) atoms. The molecule has 9 heteroatoms. The molecule has 1 aromatic rings. The van der Waals surface area contributed by atoms with Crippen molar-refractivity contribution < 1.29 is 24.2 Å². The number of aromatic nitrogens is 1. The Balaban J connectivity index is 2.23. The fraction of sp³-hybridized carbons (Fsp3) is 0.538. The number of nitrogens with one attached hydrogen (secondary N) is 2. The van der Waals surface area contributed by atoms with Crippen LogP contribution < -0.4 is 10.6 Å². The smallest absolute Gasteiger partial charge is 0.407 e. The van der Waals surface area contributed by atoms with Crippen LogP contribution in [0.3, 0.4) is 0 Å². The summed E-state index contributed by atoms with van der Waals surface area (Å²) in [5, 5.41) is 15.4. The summed E-state index contributed by atoms with van der Waals surface area (Å²) in [6.07, 6.45) is 0.0824. The van der Waals surface area contributed by atoms with Crippen LogP contribution in [-0.2, 0) is 9.53 Å². The number of aromatic carboxylic acids is 1. The fourth-order valence-corrected chi connectivity index (χ4v) is 2.07. The first-order chi connectivity index (χ1) is 10.2. The number of carboxylic acids is 1. The van der Waals surface area contributed by atoms with E-state index in [1.807, 2.05) is 0 Å². The van der Waals surface area contributed by atoms with E-state index < -0.39 is 17.7 Å². The summed E-state index contributed by atoms with van der Waals surface area (Å²) in [4.78, 5) is 37.4. The zero-order valence-electron chi connectivity index (χ0n) is 12.6. The highest BCUT2D eigenvalue weighted by molar-refractivity contribution is 7.14. The van der Waals surface area contributed by atoms with Crippen molar-refractivity contribution in [3.05, 3.63) is 11.1 Å². The van der Waals surface area contributed by atoms with Gasteiger partial charge in [0.1, 0.15) is 5.60 Å². The number of amides is 2. The average molecular weight is 329 g/mol. The number of carbonyl (C=O) groups excluding carboxylic acids is 2. The molecule has 0 saturated carbocycles. The molecule has 0 aromatic carbocycles. The van der Waals surface area contributed by atoms with Crippen LogP contribution in [-0.4, -0.2) is 40.2 Å². The molecule has 1 heterocycles. The number of ether oxygens (including phenoxy) is 1. The minimum Gasteiger partial charge on any atom is -0.476 e. The molecular weight excluding hydrogens is 310 g/mol. The summed E-state index contributed by atoms with van der Waals surface area (Å²) < 4.78 is 5.05. The molecule has 3 N–H and O–H groups in total. The molecule has 0 aliphatic carbocycles. The van der Waals surface area contributed by atoms with Gasteiger partial charge in [0, 0.05) is 18.3 Å². The Kier molecular flexibility index (Phi) is 6.29. The first kappa shape index (κ1) is 17.9. The van der Waals surface area contributed by atoms with Crippen molar-refractivity contribution in [2.24, 2.45) is 0 Å². The lowest BCUT2D eigenvalue weighted by Gasteiger charge is -2.19. The minimum absolute atomic E-state index is 0.105. The van der Waals surface area contributed by atoms with E-state index in [9.17, 15) is 14.4 Å². The SMILES string of the molecule is CC(C)(C)OC(=O)NCCCC(=O)Nc1nc(C(=O)O)cs1. The third-order valence-corrected chi connectivity index (χ3v) is 2.98. The van der Waals surface area contributed by atoms with Gasteiger partial charge >= 0.3 is 12.1 Å². The van der Waals surface area contributed by atoms with Crippen LogP contribution in [0, 0.1) is 0 Å². The summed E-state index contributed by atoms with van der Waals surface area (Å²) in [5.41, 5.74) is -0.666. The maximum atomic E-state index is 11.6. The number of hydrogen-bond donors (Lipinski definition) is 3. The molecule has 2 amide bonds. The normalized spacial score (nSPS) is 10.9. The number of anilines is 1. The van der Waals surface area contributed by atoms with Crippen LogP contribution in [0.25, 0.3) is 0 Å². The molecule has 0 unspecified atom stereocenters. The summed E-state index contributed by atoms with van der Waals surface area (Å²) in [6.45, 7) is 5.60. The Hall–Kier alpha value is -2.16. The van der Waals surface area contributed by atoms with Gasteiger partial charge < -0.3 is 20.5 Å². The Labute approximate surface area is 131 Å². The average Bonchev–Trinajstić information content (AvgIpc) is 2.81. The van der Waals surface area contributed by atoms with Gasteiger partial charge in [0.25, 0.3) is 0 Å². The van der Waals surface area contributed by atoms with E-state index >= 15 is 0 Å². The zero-order valence-corrected chi connectivity index (χ0v) is 13.5. The first-order valence-electron chi connectivity index (χ1n) is 6.63. The summed E-state index contributed by atoms with van der Waals surface area (Å²) in [5.74, 6) is -1.43. The maximum absolute atomic E-state index is 11.6. The molecule has 0 spiro atoms. The number of carbonyl (C=O) groups is 3. The monoisotopic (exact) mass is 329 g/mol. The lowest BCUT2D eigenvalue weighted by Crippen LogP contribution is -2.33. The lowest BCUT2D eigenvalue weighted by molar-refractivity contribution is -0.116. The van der Waals surface area contributed by atoms with Crippen molar-refractivity contribution in [3.63, 3.8) is 0 Å². The van der Waals surface area contributed by atoms with Gasteiger partial charge in [-0.05, 0) is 27.2 Å². The second-order valence-corrected chi connectivity index (χ2v) is 6.28. The third-order valence-electron chi connectivity index (χ3n) is 2.22. The van der Waals surface area contributed by atoms with Crippen molar-refractivity contribution in [1.82, 2.24) is 10.3 Å². The van der Waals surface area contributed by atoms with Gasteiger partial charge in [-0.1, -0.05) is 0 Å². The highest BCUT2D eigenvalue weighted by Gasteiger charge is 2.15.